The van der Waals surface area contributed by atoms with Gasteiger partial charge in [0.15, 0.2) is 0 Å². The average Bonchev–Trinajstić information content (AvgIpc) is 2.25. The first kappa shape index (κ1) is 12.8. The number of anilines is 2. The van der Waals surface area contributed by atoms with Crippen LogP contribution < -0.4 is 10.6 Å². The summed E-state index contributed by atoms with van der Waals surface area (Å²) in [7, 11) is 4.17. The van der Waals surface area contributed by atoms with E-state index < -0.39 is 0 Å². The third-order valence-electron chi connectivity index (χ3n) is 2.48. The van der Waals surface area contributed by atoms with E-state index in [1.807, 2.05) is 6.07 Å². The van der Waals surface area contributed by atoms with Gasteiger partial charge in [0.25, 0.3) is 0 Å². The first-order chi connectivity index (χ1) is 7.65. The van der Waals surface area contributed by atoms with Crippen LogP contribution in [0.1, 0.15) is 13.3 Å². The van der Waals surface area contributed by atoms with E-state index in [0.717, 1.165) is 37.4 Å². The zero-order valence-corrected chi connectivity index (χ0v) is 10.5. The standard InChI is InChI=1S/C12H22N4/c1-4-7-16(9-8-15(2)3)12-5-6-14-10-11(12)13/h5-6,10H,4,7-9,13H2,1-3H3. The molecule has 0 atom stereocenters. The lowest BCUT2D eigenvalue weighted by molar-refractivity contribution is 0.413. The van der Waals surface area contributed by atoms with Crippen molar-refractivity contribution in [2.75, 3.05) is 44.4 Å². The molecule has 0 radical (unpaired) electrons. The average molecular weight is 222 g/mol. The molecule has 0 aliphatic rings. The highest BCUT2D eigenvalue weighted by Crippen LogP contribution is 2.21. The van der Waals surface area contributed by atoms with Gasteiger partial charge >= 0.3 is 0 Å². The van der Waals surface area contributed by atoms with Gasteiger partial charge in [-0.1, -0.05) is 6.92 Å². The summed E-state index contributed by atoms with van der Waals surface area (Å²) in [5.74, 6) is 0. The van der Waals surface area contributed by atoms with E-state index in [9.17, 15) is 0 Å². The van der Waals surface area contributed by atoms with Crippen molar-refractivity contribution in [3.63, 3.8) is 0 Å². The second kappa shape index (κ2) is 6.33. The van der Waals surface area contributed by atoms with Crippen LogP contribution in [0.2, 0.25) is 0 Å². The minimum atomic E-state index is 0.759. The normalized spacial score (nSPS) is 10.8. The molecular weight excluding hydrogens is 200 g/mol. The Labute approximate surface area is 98.1 Å². The maximum absolute atomic E-state index is 5.94. The molecule has 0 bridgehead atoms. The molecule has 1 heterocycles. The van der Waals surface area contributed by atoms with Crippen molar-refractivity contribution in [2.24, 2.45) is 0 Å². The lowest BCUT2D eigenvalue weighted by Crippen LogP contribution is -2.32. The summed E-state index contributed by atoms with van der Waals surface area (Å²) in [6, 6.07) is 1.99. The zero-order valence-electron chi connectivity index (χ0n) is 10.5. The van der Waals surface area contributed by atoms with E-state index in [4.69, 9.17) is 5.73 Å². The van der Waals surface area contributed by atoms with Gasteiger partial charge in [-0.25, -0.2) is 0 Å². The summed E-state index contributed by atoms with van der Waals surface area (Å²) >= 11 is 0. The number of rotatable bonds is 6. The Morgan fingerprint density at radius 1 is 1.25 bits per heavy atom. The number of hydrogen-bond acceptors (Lipinski definition) is 4. The third kappa shape index (κ3) is 3.70. The van der Waals surface area contributed by atoms with Gasteiger partial charge in [0.1, 0.15) is 0 Å². The first-order valence-electron chi connectivity index (χ1n) is 5.74. The van der Waals surface area contributed by atoms with Crippen LogP contribution in [0.5, 0.6) is 0 Å². The summed E-state index contributed by atoms with van der Waals surface area (Å²) < 4.78 is 0. The molecule has 1 aromatic rings. The van der Waals surface area contributed by atoms with Gasteiger partial charge in [0.2, 0.25) is 0 Å². The van der Waals surface area contributed by atoms with Crippen LogP contribution in [0.4, 0.5) is 11.4 Å². The van der Waals surface area contributed by atoms with Gasteiger partial charge in [0, 0.05) is 25.8 Å². The highest BCUT2D eigenvalue weighted by atomic mass is 15.2. The van der Waals surface area contributed by atoms with Crippen molar-refractivity contribution in [3.05, 3.63) is 18.5 Å². The molecule has 0 unspecified atom stereocenters. The van der Waals surface area contributed by atoms with Crippen LogP contribution in [0.15, 0.2) is 18.5 Å². The third-order valence-corrected chi connectivity index (χ3v) is 2.48. The minimum absolute atomic E-state index is 0.759. The molecule has 1 rings (SSSR count). The molecule has 90 valence electrons. The highest BCUT2D eigenvalue weighted by Gasteiger charge is 2.08. The van der Waals surface area contributed by atoms with E-state index in [1.54, 1.807) is 12.4 Å². The van der Waals surface area contributed by atoms with Gasteiger partial charge in [-0.3, -0.25) is 4.98 Å². The molecule has 0 aliphatic carbocycles. The largest absolute Gasteiger partial charge is 0.396 e. The van der Waals surface area contributed by atoms with E-state index in [2.05, 4.69) is 35.8 Å². The Kier molecular flexibility index (Phi) is 5.05. The predicted octanol–water partition coefficient (Wildman–Crippen LogP) is 1.44. The molecule has 0 fully saturated rings. The summed E-state index contributed by atoms with van der Waals surface area (Å²) in [5.41, 5.74) is 7.80. The van der Waals surface area contributed by atoms with E-state index >= 15 is 0 Å². The number of nitrogens with zero attached hydrogens (tertiary/aromatic N) is 3. The molecule has 0 aromatic carbocycles. The van der Waals surface area contributed by atoms with E-state index in [-0.39, 0.29) is 0 Å². The molecule has 0 aliphatic heterocycles. The van der Waals surface area contributed by atoms with Crippen molar-refractivity contribution < 1.29 is 0 Å². The van der Waals surface area contributed by atoms with Gasteiger partial charge in [-0.15, -0.1) is 0 Å². The van der Waals surface area contributed by atoms with Crippen molar-refractivity contribution in [1.82, 2.24) is 9.88 Å². The zero-order chi connectivity index (χ0) is 12.0. The molecule has 16 heavy (non-hydrogen) atoms. The second-order valence-corrected chi connectivity index (χ2v) is 4.22. The number of likely N-dealkylation sites (N-methyl/N-ethyl adjacent to an activating group) is 1. The molecule has 0 saturated heterocycles. The summed E-state index contributed by atoms with van der Waals surface area (Å²) in [5, 5.41) is 0. The second-order valence-electron chi connectivity index (χ2n) is 4.22. The fraction of sp³-hybridized carbons (Fsp3) is 0.583. The Hall–Kier alpha value is -1.29. The molecule has 0 amide bonds. The van der Waals surface area contributed by atoms with E-state index in [0.29, 0.717) is 0 Å². The number of aromatic nitrogens is 1. The molecule has 2 N–H and O–H groups in total. The maximum Gasteiger partial charge on any atom is 0.0738 e. The van der Waals surface area contributed by atoms with Crippen molar-refractivity contribution >= 4 is 11.4 Å². The molecule has 0 saturated carbocycles. The first-order valence-corrected chi connectivity index (χ1v) is 5.74. The molecule has 4 heteroatoms. The molecule has 1 aromatic heterocycles. The SMILES string of the molecule is CCCN(CCN(C)C)c1ccncc1N. The number of hydrogen-bond donors (Lipinski definition) is 1. The topological polar surface area (TPSA) is 45.4 Å². The maximum atomic E-state index is 5.94. The molecule has 4 nitrogen and oxygen atoms in total. The smallest absolute Gasteiger partial charge is 0.0738 e. The predicted molar refractivity (Wildman–Crippen MR) is 69.7 cm³/mol. The summed E-state index contributed by atoms with van der Waals surface area (Å²) in [6.07, 6.45) is 4.63. The van der Waals surface area contributed by atoms with Crippen molar-refractivity contribution in [3.8, 4) is 0 Å². The van der Waals surface area contributed by atoms with Gasteiger partial charge in [-0.2, -0.15) is 0 Å². The quantitative estimate of drug-likeness (QED) is 0.791. The number of nitrogens with two attached hydrogens (primary N) is 1. The highest BCUT2D eigenvalue weighted by molar-refractivity contribution is 5.65. The molecular formula is C12H22N4. The number of pyridine rings is 1. The van der Waals surface area contributed by atoms with Crippen LogP contribution in [0.25, 0.3) is 0 Å². The lowest BCUT2D eigenvalue weighted by Gasteiger charge is -2.26. The Balaban J connectivity index is 2.73. The Morgan fingerprint density at radius 3 is 2.56 bits per heavy atom. The van der Waals surface area contributed by atoms with Gasteiger partial charge in [-0.05, 0) is 26.6 Å². The monoisotopic (exact) mass is 222 g/mol. The van der Waals surface area contributed by atoms with E-state index in [1.165, 1.54) is 0 Å². The van der Waals surface area contributed by atoms with Crippen LogP contribution in [0, 0.1) is 0 Å². The summed E-state index contributed by atoms with van der Waals surface area (Å²) in [4.78, 5) is 8.52. The van der Waals surface area contributed by atoms with Gasteiger partial charge in [0.05, 0.1) is 17.6 Å². The minimum Gasteiger partial charge on any atom is -0.396 e. The van der Waals surface area contributed by atoms with Crippen LogP contribution in [-0.2, 0) is 0 Å². The lowest BCUT2D eigenvalue weighted by atomic mass is 10.3. The van der Waals surface area contributed by atoms with Gasteiger partial charge < -0.3 is 15.5 Å². The molecule has 0 spiro atoms. The number of nitrogen functional groups attached to an aromatic ring is 1. The van der Waals surface area contributed by atoms with Crippen LogP contribution in [0.3, 0.4) is 0 Å². The Morgan fingerprint density at radius 2 is 2.00 bits per heavy atom. The Bertz CT molecular complexity index is 312. The summed E-state index contributed by atoms with van der Waals surface area (Å²) in [6.45, 7) is 5.24. The fourth-order valence-corrected chi connectivity index (χ4v) is 1.63. The van der Waals surface area contributed by atoms with Crippen LogP contribution >= 0.6 is 0 Å². The van der Waals surface area contributed by atoms with Crippen molar-refractivity contribution in [1.29, 1.82) is 0 Å². The van der Waals surface area contributed by atoms with Crippen LogP contribution in [-0.4, -0.2) is 43.6 Å². The van der Waals surface area contributed by atoms with Crippen molar-refractivity contribution in [2.45, 2.75) is 13.3 Å². The fourth-order valence-electron chi connectivity index (χ4n) is 1.63.